The highest BCUT2D eigenvalue weighted by Crippen LogP contribution is 2.33. The number of carbonyl (C=O) groups is 1. The number of hydrogen-bond acceptors (Lipinski definition) is 6. The number of aliphatic carboxylic acids is 1. The van der Waals surface area contributed by atoms with E-state index in [0.29, 0.717) is 6.04 Å². The number of pyridine rings is 3. The molecule has 0 unspecified atom stereocenters. The fourth-order valence-electron chi connectivity index (χ4n) is 5.19. The van der Waals surface area contributed by atoms with Gasteiger partial charge in [0.15, 0.2) is 0 Å². The smallest absolute Gasteiger partial charge is 0.303 e. The Bertz CT molecular complexity index is 1120. The van der Waals surface area contributed by atoms with E-state index in [0.717, 1.165) is 59.6 Å². The normalized spacial score (nSPS) is 17.9. The van der Waals surface area contributed by atoms with E-state index in [4.69, 9.17) is 10.1 Å². The summed E-state index contributed by atoms with van der Waals surface area (Å²) in [6.07, 6.45) is 13.8. The topological polar surface area (TPSA) is 91.2 Å². The van der Waals surface area contributed by atoms with E-state index in [1.54, 1.807) is 0 Å². The van der Waals surface area contributed by atoms with Gasteiger partial charge >= 0.3 is 5.97 Å². The zero-order valence-electron chi connectivity index (χ0n) is 18.9. The minimum Gasteiger partial charge on any atom is -0.481 e. The van der Waals surface area contributed by atoms with Crippen LogP contribution in [0.4, 0.5) is 11.6 Å². The van der Waals surface area contributed by atoms with E-state index < -0.39 is 5.97 Å². The van der Waals surface area contributed by atoms with Crippen LogP contribution < -0.4 is 10.2 Å². The molecule has 1 saturated carbocycles. The first-order chi connectivity index (χ1) is 16.2. The van der Waals surface area contributed by atoms with Crippen LogP contribution in [-0.4, -0.2) is 45.2 Å². The van der Waals surface area contributed by atoms with Crippen LogP contribution in [0.15, 0.2) is 42.9 Å². The lowest BCUT2D eigenvalue weighted by molar-refractivity contribution is -0.138. The van der Waals surface area contributed by atoms with Crippen LogP contribution >= 0.6 is 0 Å². The van der Waals surface area contributed by atoms with E-state index in [-0.39, 0.29) is 12.3 Å². The fraction of sp³-hybridized carbons (Fsp3) is 0.462. The summed E-state index contributed by atoms with van der Waals surface area (Å²) in [5.41, 5.74) is 1.95. The summed E-state index contributed by atoms with van der Waals surface area (Å²) in [4.78, 5) is 27.4. The van der Waals surface area contributed by atoms with Gasteiger partial charge in [0.25, 0.3) is 0 Å². The number of anilines is 2. The lowest BCUT2D eigenvalue weighted by atomic mass is 9.93. The predicted octanol–water partition coefficient (Wildman–Crippen LogP) is 5.13. The van der Waals surface area contributed by atoms with Crippen LogP contribution in [0.5, 0.6) is 0 Å². The molecular formula is C26H31N5O2. The molecule has 0 spiro atoms. The molecule has 7 nitrogen and oxygen atoms in total. The van der Waals surface area contributed by atoms with E-state index in [9.17, 15) is 4.79 Å². The summed E-state index contributed by atoms with van der Waals surface area (Å²) in [6, 6.07) is 8.73. The molecule has 1 aliphatic heterocycles. The van der Waals surface area contributed by atoms with Gasteiger partial charge in [-0.05, 0) is 55.9 Å². The number of nitrogens with one attached hydrogen (secondary N) is 1. The Hall–Kier alpha value is -3.22. The molecule has 33 heavy (non-hydrogen) atoms. The van der Waals surface area contributed by atoms with Crippen molar-refractivity contribution in [1.82, 2.24) is 15.0 Å². The molecule has 0 amide bonds. The molecule has 0 aromatic carbocycles. The lowest BCUT2D eigenvalue weighted by Gasteiger charge is -2.33. The standard InChI is InChI=1S/C26H31N5O2/c32-25(33)14-18-8-12-31(13-9-18)26-22-7-10-27-17-20(22)15-23(30-26)19-6-11-28-24(16-19)29-21-4-2-1-3-5-21/h6-7,10-11,15-18,21H,1-5,8-9,12-14H2,(H,28,29)(H,32,33). The van der Waals surface area contributed by atoms with Gasteiger partial charge in [0.1, 0.15) is 11.6 Å². The molecule has 4 heterocycles. The molecule has 1 aliphatic carbocycles. The van der Waals surface area contributed by atoms with Crippen molar-refractivity contribution >= 4 is 28.4 Å². The quantitative estimate of drug-likeness (QED) is 0.544. The van der Waals surface area contributed by atoms with Gasteiger partial charge < -0.3 is 15.3 Å². The monoisotopic (exact) mass is 445 g/mol. The van der Waals surface area contributed by atoms with Crippen LogP contribution in [0.2, 0.25) is 0 Å². The van der Waals surface area contributed by atoms with Gasteiger partial charge in [-0.25, -0.2) is 9.97 Å². The average molecular weight is 446 g/mol. The molecule has 3 aromatic rings. The molecule has 2 aliphatic rings. The maximum atomic E-state index is 11.1. The molecule has 2 N–H and O–H groups in total. The Morgan fingerprint density at radius 3 is 2.67 bits per heavy atom. The van der Waals surface area contributed by atoms with Crippen LogP contribution in [0.1, 0.15) is 51.4 Å². The number of fused-ring (bicyclic) bond motifs is 1. The van der Waals surface area contributed by atoms with Crippen molar-refractivity contribution in [2.45, 2.75) is 57.4 Å². The molecule has 172 valence electrons. The van der Waals surface area contributed by atoms with Crippen LogP contribution in [-0.2, 0) is 4.79 Å². The van der Waals surface area contributed by atoms with Crippen molar-refractivity contribution in [2.75, 3.05) is 23.3 Å². The molecule has 2 fully saturated rings. The molecule has 7 heteroatoms. The Balaban J connectivity index is 1.43. The summed E-state index contributed by atoms with van der Waals surface area (Å²) in [7, 11) is 0. The number of rotatable bonds is 6. The van der Waals surface area contributed by atoms with Crippen LogP contribution in [0.25, 0.3) is 22.0 Å². The van der Waals surface area contributed by atoms with Gasteiger partial charge in [-0.15, -0.1) is 0 Å². The summed E-state index contributed by atoms with van der Waals surface area (Å²) in [5, 5.41) is 14.9. The third-order valence-electron chi connectivity index (χ3n) is 7.00. The van der Waals surface area contributed by atoms with Gasteiger partial charge in [0.05, 0.1) is 5.69 Å². The molecule has 0 bridgehead atoms. The fourth-order valence-corrected chi connectivity index (χ4v) is 5.19. The van der Waals surface area contributed by atoms with Crippen LogP contribution in [0.3, 0.4) is 0 Å². The second-order valence-electron chi connectivity index (χ2n) is 9.37. The Labute approximate surface area is 194 Å². The van der Waals surface area contributed by atoms with Gasteiger partial charge in [-0.1, -0.05) is 19.3 Å². The molecule has 1 saturated heterocycles. The number of nitrogens with zero attached hydrogens (tertiary/aromatic N) is 4. The largest absolute Gasteiger partial charge is 0.481 e. The van der Waals surface area contributed by atoms with Crippen molar-refractivity contribution in [3.63, 3.8) is 0 Å². The zero-order chi connectivity index (χ0) is 22.6. The summed E-state index contributed by atoms with van der Waals surface area (Å²) < 4.78 is 0. The van der Waals surface area contributed by atoms with Crippen molar-refractivity contribution < 1.29 is 9.90 Å². The first-order valence-electron chi connectivity index (χ1n) is 12.1. The highest BCUT2D eigenvalue weighted by molar-refractivity contribution is 5.94. The minimum atomic E-state index is -0.708. The maximum Gasteiger partial charge on any atom is 0.303 e. The number of hydrogen-bond donors (Lipinski definition) is 2. The highest BCUT2D eigenvalue weighted by atomic mass is 16.4. The first kappa shape index (κ1) is 21.6. The second-order valence-corrected chi connectivity index (χ2v) is 9.37. The van der Waals surface area contributed by atoms with E-state index in [1.165, 1.54) is 32.1 Å². The number of carboxylic acids is 1. The third-order valence-corrected chi connectivity index (χ3v) is 7.00. The lowest BCUT2D eigenvalue weighted by Crippen LogP contribution is -2.35. The van der Waals surface area contributed by atoms with Crippen molar-refractivity contribution in [3.05, 3.63) is 42.9 Å². The predicted molar refractivity (Wildman–Crippen MR) is 130 cm³/mol. The maximum absolute atomic E-state index is 11.1. The van der Waals surface area contributed by atoms with E-state index in [1.807, 2.05) is 30.7 Å². The average Bonchev–Trinajstić information content (AvgIpc) is 2.84. The van der Waals surface area contributed by atoms with Crippen LogP contribution in [0, 0.1) is 5.92 Å². The third kappa shape index (κ3) is 5.07. The Morgan fingerprint density at radius 2 is 1.88 bits per heavy atom. The Morgan fingerprint density at radius 1 is 1.06 bits per heavy atom. The Kier molecular flexibility index (Phi) is 6.37. The number of aromatic nitrogens is 3. The number of carboxylic acid groups (broad SMARTS) is 1. The van der Waals surface area contributed by atoms with E-state index >= 15 is 0 Å². The van der Waals surface area contributed by atoms with Gasteiger partial charge in [-0.3, -0.25) is 9.78 Å². The summed E-state index contributed by atoms with van der Waals surface area (Å²) in [6.45, 7) is 1.63. The van der Waals surface area contributed by atoms with Crippen molar-refractivity contribution in [3.8, 4) is 11.3 Å². The molecule has 0 radical (unpaired) electrons. The highest BCUT2D eigenvalue weighted by Gasteiger charge is 2.24. The summed E-state index contributed by atoms with van der Waals surface area (Å²) in [5.74, 6) is 1.39. The SMILES string of the molecule is O=C(O)CC1CCN(c2nc(-c3ccnc(NC4CCCCC4)c3)cc3cnccc23)CC1. The van der Waals surface area contributed by atoms with Gasteiger partial charge in [0, 0.05) is 60.5 Å². The summed E-state index contributed by atoms with van der Waals surface area (Å²) >= 11 is 0. The van der Waals surface area contributed by atoms with Crippen molar-refractivity contribution in [2.24, 2.45) is 5.92 Å². The molecule has 3 aromatic heterocycles. The zero-order valence-corrected chi connectivity index (χ0v) is 18.9. The van der Waals surface area contributed by atoms with Gasteiger partial charge in [0.2, 0.25) is 0 Å². The molecular weight excluding hydrogens is 414 g/mol. The van der Waals surface area contributed by atoms with Crippen molar-refractivity contribution in [1.29, 1.82) is 0 Å². The minimum absolute atomic E-state index is 0.239. The molecule has 5 rings (SSSR count). The second kappa shape index (κ2) is 9.73. The first-order valence-corrected chi connectivity index (χ1v) is 12.1. The molecule has 0 atom stereocenters. The number of piperidine rings is 1. The van der Waals surface area contributed by atoms with Gasteiger partial charge in [-0.2, -0.15) is 0 Å². The van der Waals surface area contributed by atoms with E-state index in [2.05, 4.69) is 32.3 Å².